The van der Waals surface area contributed by atoms with Crippen LogP contribution in [0.15, 0.2) is 33.7 Å². The van der Waals surface area contributed by atoms with E-state index in [1.54, 1.807) is 13.8 Å². The maximum Gasteiger partial charge on any atom is 0.330 e. The largest absolute Gasteiger partial charge is 0.463 e. The number of hydrogen-bond acceptors (Lipinski definition) is 7. The fourth-order valence-corrected chi connectivity index (χ4v) is 2.63. The van der Waals surface area contributed by atoms with Crippen molar-refractivity contribution in [3.63, 3.8) is 0 Å². The zero-order chi connectivity index (χ0) is 21.2. The molecule has 1 aromatic rings. The second-order valence-corrected chi connectivity index (χ2v) is 6.67. The molecule has 1 aromatic heterocycles. The quantitative estimate of drug-likeness (QED) is 0.466. The molecule has 28 heavy (non-hydrogen) atoms. The van der Waals surface area contributed by atoms with Crippen LogP contribution in [0.3, 0.4) is 0 Å². The minimum absolute atomic E-state index is 0.0749. The first-order chi connectivity index (χ1) is 13.0. The van der Waals surface area contributed by atoms with Gasteiger partial charge in [0.15, 0.2) is 11.8 Å². The average molecular weight is 402 g/mol. The molecule has 0 radical (unpaired) electrons. The lowest BCUT2D eigenvalue weighted by molar-refractivity contribution is -0.153. The molecule has 9 nitrogen and oxygen atoms in total. The fraction of sp³-hybridized carbons (Fsp3) is 0.529. The van der Waals surface area contributed by atoms with E-state index in [0.29, 0.717) is 6.08 Å². The first kappa shape index (κ1) is 21.7. The average Bonchev–Trinajstić information content (AvgIpc) is 2.86. The third kappa shape index (κ3) is 4.28. The highest BCUT2D eigenvalue weighted by Crippen LogP contribution is 2.39. The van der Waals surface area contributed by atoms with Gasteiger partial charge in [-0.1, -0.05) is 19.6 Å². The Morgan fingerprint density at radius 2 is 2.14 bits per heavy atom. The Morgan fingerprint density at radius 1 is 1.50 bits per heavy atom. The molecule has 0 amide bonds. The Balaban J connectivity index is 2.48. The van der Waals surface area contributed by atoms with Crippen LogP contribution in [0.2, 0.25) is 0 Å². The van der Waals surface area contributed by atoms with Crippen molar-refractivity contribution in [1.29, 1.82) is 0 Å². The number of nitrogens with one attached hydrogen (secondary N) is 1. The van der Waals surface area contributed by atoms with Crippen LogP contribution in [0.5, 0.6) is 0 Å². The molecular formula is C17H20F2N2O7. The van der Waals surface area contributed by atoms with E-state index in [2.05, 4.69) is 0 Å². The van der Waals surface area contributed by atoms with E-state index in [1.165, 1.54) is 12.7 Å². The first-order valence-electron chi connectivity index (χ1n) is 8.30. The highest BCUT2D eigenvalue weighted by atomic mass is 19.3. The van der Waals surface area contributed by atoms with Gasteiger partial charge in [0, 0.05) is 17.8 Å². The Bertz CT molecular complexity index is 928. The number of hydrogen-bond donors (Lipinski definition) is 3. The van der Waals surface area contributed by atoms with Gasteiger partial charge in [-0.2, -0.15) is 8.78 Å². The van der Waals surface area contributed by atoms with Crippen molar-refractivity contribution in [3.8, 4) is 0 Å². The first-order valence-corrected chi connectivity index (χ1v) is 8.30. The van der Waals surface area contributed by atoms with Gasteiger partial charge in [0.05, 0.1) is 5.92 Å². The van der Waals surface area contributed by atoms with Crippen molar-refractivity contribution < 1.29 is 33.3 Å². The highest BCUT2D eigenvalue weighted by Gasteiger charge is 2.55. The molecule has 2 rings (SSSR count). The summed E-state index contributed by atoms with van der Waals surface area (Å²) >= 11 is 0. The number of aliphatic hydroxyl groups excluding tert-OH is 1. The van der Waals surface area contributed by atoms with Crippen LogP contribution >= 0.6 is 0 Å². The van der Waals surface area contributed by atoms with Crippen molar-refractivity contribution in [2.24, 2.45) is 5.92 Å². The molecule has 0 bridgehead atoms. The third-order valence-corrected chi connectivity index (χ3v) is 4.20. The summed E-state index contributed by atoms with van der Waals surface area (Å²) in [6, 6.07) is 0. The summed E-state index contributed by atoms with van der Waals surface area (Å²) in [6.45, 7) is 4.03. The summed E-state index contributed by atoms with van der Waals surface area (Å²) in [6.07, 6.45) is -5.63. The Hall–Kier alpha value is -2.59. The van der Waals surface area contributed by atoms with E-state index < -0.39 is 59.9 Å². The minimum Gasteiger partial charge on any atom is -0.463 e. The smallest absolute Gasteiger partial charge is 0.330 e. The van der Waals surface area contributed by atoms with Crippen molar-refractivity contribution in [3.05, 3.63) is 50.5 Å². The molecule has 0 spiro atoms. The monoisotopic (exact) mass is 402 g/mol. The maximum atomic E-state index is 12.5. The van der Waals surface area contributed by atoms with Crippen LogP contribution in [0.25, 0.3) is 0 Å². The van der Waals surface area contributed by atoms with Crippen molar-refractivity contribution in [2.75, 3.05) is 6.61 Å². The van der Waals surface area contributed by atoms with Gasteiger partial charge in [0.2, 0.25) is 0 Å². The van der Waals surface area contributed by atoms with E-state index in [-0.39, 0.29) is 5.56 Å². The minimum atomic E-state index is -2.52. The molecule has 2 heterocycles. The standard InChI is InChI=1S/C17H20F2N2O7/c1-8(2)14(24)27-7-10-12(22)17(26,5-4-11(18)19)15(28-10)21-6-9(3)13(23)20-16(21)25/h5-6,8,10,12,15,22,26H,7H2,1-3H3,(H,20,23,25)/t10-,12-,15-,17-/m1/s1. The van der Waals surface area contributed by atoms with Gasteiger partial charge in [-0.15, -0.1) is 0 Å². The summed E-state index contributed by atoms with van der Waals surface area (Å²) in [7, 11) is 0. The number of rotatable bonds is 5. The van der Waals surface area contributed by atoms with Crippen molar-refractivity contribution >= 4 is 5.97 Å². The fourth-order valence-electron chi connectivity index (χ4n) is 2.63. The number of aromatic amines is 1. The second kappa shape index (κ2) is 8.19. The lowest BCUT2D eigenvalue weighted by atomic mass is 9.94. The number of nitrogens with zero attached hydrogens (tertiary/aromatic N) is 1. The van der Waals surface area contributed by atoms with E-state index in [9.17, 15) is 33.4 Å². The zero-order valence-corrected chi connectivity index (χ0v) is 15.3. The molecular weight excluding hydrogens is 382 g/mol. The number of aliphatic hydroxyl groups is 2. The lowest BCUT2D eigenvalue weighted by Gasteiger charge is -2.28. The van der Waals surface area contributed by atoms with Gasteiger partial charge < -0.3 is 19.7 Å². The van der Waals surface area contributed by atoms with Crippen LogP contribution in [0.1, 0.15) is 25.6 Å². The molecule has 0 aliphatic carbocycles. The summed E-state index contributed by atoms with van der Waals surface area (Å²) in [5, 5.41) is 21.3. The van der Waals surface area contributed by atoms with E-state index >= 15 is 0 Å². The molecule has 1 aliphatic rings. The van der Waals surface area contributed by atoms with Gasteiger partial charge in [0.1, 0.15) is 18.8 Å². The van der Waals surface area contributed by atoms with Gasteiger partial charge in [-0.25, -0.2) is 4.79 Å². The Kier molecular flexibility index (Phi) is 6.35. The van der Waals surface area contributed by atoms with Gasteiger partial charge in [-0.05, 0) is 6.92 Å². The molecule has 0 saturated carbocycles. The predicted octanol–water partition coefficient (Wildman–Crippen LogP) is -0.0309. The number of halogens is 2. The van der Waals surface area contributed by atoms with Gasteiger partial charge in [-0.3, -0.25) is 19.1 Å². The SMILES string of the molecule is Cc1cn([C@@H]2O[C@H](COC(=O)C(C)C)[C@@H](O)[C@]2(O)C=C=C(F)F)c(=O)[nH]c1=O. The third-order valence-electron chi connectivity index (χ3n) is 4.20. The van der Waals surface area contributed by atoms with E-state index in [0.717, 1.165) is 10.8 Å². The highest BCUT2D eigenvalue weighted by molar-refractivity contribution is 5.71. The number of H-pyrrole nitrogens is 1. The molecule has 1 fully saturated rings. The zero-order valence-electron chi connectivity index (χ0n) is 15.3. The molecule has 1 saturated heterocycles. The summed E-state index contributed by atoms with van der Waals surface area (Å²) < 4.78 is 36.2. The van der Waals surface area contributed by atoms with Crippen LogP contribution < -0.4 is 11.2 Å². The normalized spacial score (nSPS) is 26.8. The molecule has 11 heteroatoms. The molecule has 1 aliphatic heterocycles. The Morgan fingerprint density at radius 3 is 2.71 bits per heavy atom. The number of ether oxygens (including phenoxy) is 2. The van der Waals surface area contributed by atoms with Crippen LogP contribution in [0, 0.1) is 12.8 Å². The molecule has 4 atom stereocenters. The molecule has 154 valence electrons. The van der Waals surface area contributed by atoms with Gasteiger partial charge >= 0.3 is 17.7 Å². The molecule has 0 aromatic carbocycles. The number of aryl methyl sites for hydroxylation is 1. The summed E-state index contributed by atoms with van der Waals surface area (Å²) in [5.41, 5.74) is -2.65. The van der Waals surface area contributed by atoms with Crippen LogP contribution in [-0.2, 0) is 14.3 Å². The van der Waals surface area contributed by atoms with Crippen LogP contribution in [-0.4, -0.2) is 50.1 Å². The number of carbonyl (C=O) groups is 1. The summed E-state index contributed by atoms with van der Waals surface area (Å²) in [5.74, 6) is -1.08. The predicted molar refractivity (Wildman–Crippen MR) is 90.5 cm³/mol. The van der Waals surface area contributed by atoms with Crippen molar-refractivity contribution in [1.82, 2.24) is 9.55 Å². The number of esters is 1. The van der Waals surface area contributed by atoms with E-state index in [4.69, 9.17) is 9.47 Å². The summed E-state index contributed by atoms with van der Waals surface area (Å²) in [4.78, 5) is 37.3. The number of aromatic nitrogens is 2. The van der Waals surface area contributed by atoms with Gasteiger partial charge in [0.25, 0.3) is 5.56 Å². The second-order valence-electron chi connectivity index (χ2n) is 6.67. The van der Waals surface area contributed by atoms with E-state index in [1.807, 2.05) is 4.98 Å². The van der Waals surface area contributed by atoms with Crippen LogP contribution in [0.4, 0.5) is 8.78 Å². The molecule has 0 unspecified atom stereocenters. The molecule has 3 N–H and O–H groups in total. The topological polar surface area (TPSA) is 131 Å². The maximum absolute atomic E-state index is 12.5. The number of carbonyl (C=O) groups excluding carboxylic acids is 1. The Labute approximate surface area is 157 Å². The van der Waals surface area contributed by atoms with Crippen molar-refractivity contribution in [2.45, 2.75) is 44.8 Å². The lowest BCUT2D eigenvalue weighted by Crippen LogP contribution is -2.48.